The van der Waals surface area contributed by atoms with Gasteiger partial charge >= 0.3 is 0 Å². The average Bonchev–Trinajstić information content (AvgIpc) is 2.97. The Balaban J connectivity index is 0.00000169. The van der Waals surface area contributed by atoms with E-state index in [1.165, 1.54) is 24.1 Å². The second kappa shape index (κ2) is 7.45. The molecule has 4 fully saturated rings. The van der Waals surface area contributed by atoms with Crippen molar-refractivity contribution in [3.05, 3.63) is 35.9 Å². The summed E-state index contributed by atoms with van der Waals surface area (Å²) in [6.07, 6.45) is 2.88. The van der Waals surface area contributed by atoms with Crippen molar-refractivity contribution in [1.82, 2.24) is 0 Å². The van der Waals surface area contributed by atoms with E-state index in [-0.39, 0.29) is 12.4 Å². The first kappa shape index (κ1) is 17.8. The van der Waals surface area contributed by atoms with Gasteiger partial charge in [-0.3, -0.25) is 0 Å². The number of oxime groups is 1. The Morgan fingerprint density at radius 1 is 1.12 bits per heavy atom. The van der Waals surface area contributed by atoms with Crippen LogP contribution in [0.2, 0.25) is 0 Å². The Bertz CT molecular complexity index is 558. The van der Waals surface area contributed by atoms with Gasteiger partial charge in [-0.25, -0.2) is 0 Å². The van der Waals surface area contributed by atoms with E-state index in [2.05, 4.69) is 49.3 Å². The maximum Gasteiger partial charge on any atom is 0.165 e. The molecule has 4 aliphatic carbocycles. The van der Waals surface area contributed by atoms with E-state index in [0.717, 1.165) is 49.9 Å². The van der Waals surface area contributed by atoms with Crippen LogP contribution >= 0.6 is 0 Å². The number of quaternary nitrogens is 1. The molecule has 1 aromatic carbocycles. The summed E-state index contributed by atoms with van der Waals surface area (Å²) in [5.74, 6) is 4.47. The van der Waals surface area contributed by atoms with Crippen LogP contribution in [0.3, 0.4) is 0 Å². The predicted molar refractivity (Wildman–Crippen MR) is 92.5 cm³/mol. The fourth-order valence-electron chi connectivity index (χ4n) is 5.30. The number of rotatable bonds is 8. The third-order valence-corrected chi connectivity index (χ3v) is 6.57. The molecule has 132 valence electrons. The molecule has 0 aliphatic heterocycles. The molecule has 0 amide bonds. The summed E-state index contributed by atoms with van der Waals surface area (Å²) in [5, 5.41) is 4.67. The highest BCUT2D eigenvalue weighted by atomic mass is 35.5. The lowest BCUT2D eigenvalue weighted by Gasteiger charge is -2.18. The Labute approximate surface area is 151 Å². The SMILES string of the molecule is CC[NH+](CC)CCO/N=C(\c1ccccc1)C1C2CC3C(C2)C31.[Cl-]. The smallest absolute Gasteiger partial charge is 0.165 e. The van der Waals surface area contributed by atoms with Crippen LogP contribution in [-0.4, -0.2) is 32.0 Å². The maximum atomic E-state index is 5.80. The van der Waals surface area contributed by atoms with Gasteiger partial charge in [-0.2, -0.15) is 0 Å². The molecule has 0 aromatic heterocycles. The number of nitrogens with one attached hydrogen (secondary N) is 1. The Hall–Kier alpha value is -1.06. The van der Waals surface area contributed by atoms with Crippen molar-refractivity contribution >= 4 is 5.71 Å². The van der Waals surface area contributed by atoms with Crippen LogP contribution in [0.15, 0.2) is 35.5 Å². The summed E-state index contributed by atoms with van der Waals surface area (Å²) < 4.78 is 0. The van der Waals surface area contributed by atoms with E-state index in [9.17, 15) is 0 Å². The molecule has 1 N–H and O–H groups in total. The lowest BCUT2D eigenvalue weighted by Crippen LogP contribution is -3.11. The van der Waals surface area contributed by atoms with E-state index < -0.39 is 0 Å². The number of hydrogen-bond acceptors (Lipinski definition) is 2. The second-order valence-electron chi connectivity index (χ2n) is 7.55. The van der Waals surface area contributed by atoms with Gasteiger partial charge in [0.1, 0.15) is 6.54 Å². The fraction of sp³-hybridized carbons (Fsp3) is 0.650. The van der Waals surface area contributed by atoms with Gasteiger partial charge in [0.2, 0.25) is 0 Å². The molecule has 4 aliphatic rings. The van der Waals surface area contributed by atoms with Crippen LogP contribution in [0, 0.1) is 29.6 Å². The van der Waals surface area contributed by atoms with Gasteiger partial charge in [-0.05, 0) is 55.9 Å². The van der Waals surface area contributed by atoms with Crippen molar-refractivity contribution in [3.63, 3.8) is 0 Å². The Morgan fingerprint density at radius 2 is 1.79 bits per heavy atom. The highest BCUT2D eigenvalue weighted by Gasteiger charge is 2.69. The minimum absolute atomic E-state index is 0. The average molecular weight is 349 g/mol. The number of halogens is 1. The normalized spacial score (nSPS) is 32.8. The zero-order valence-corrected chi connectivity index (χ0v) is 15.5. The molecule has 3 atom stereocenters. The Kier molecular flexibility index (Phi) is 5.51. The first-order valence-corrected chi connectivity index (χ1v) is 9.42. The highest BCUT2D eigenvalue weighted by Crippen LogP contribution is 2.73. The van der Waals surface area contributed by atoms with E-state index >= 15 is 0 Å². The molecule has 0 heterocycles. The number of nitrogens with zero attached hydrogens (tertiary/aromatic N) is 1. The zero-order valence-electron chi connectivity index (χ0n) is 14.7. The molecule has 4 saturated carbocycles. The van der Waals surface area contributed by atoms with Crippen LogP contribution in [0.4, 0.5) is 0 Å². The molecule has 3 nitrogen and oxygen atoms in total. The maximum absolute atomic E-state index is 5.80. The third kappa shape index (κ3) is 3.09. The number of hydrogen-bond donors (Lipinski definition) is 1. The van der Waals surface area contributed by atoms with Gasteiger partial charge < -0.3 is 22.1 Å². The summed E-state index contributed by atoms with van der Waals surface area (Å²) in [6.45, 7) is 8.55. The molecule has 3 unspecified atom stereocenters. The first-order chi connectivity index (χ1) is 11.3. The molecule has 5 rings (SSSR count). The summed E-state index contributed by atoms with van der Waals surface area (Å²) in [6, 6.07) is 10.7. The number of likely N-dealkylation sites (N-methyl/N-ethyl adjacent to an activating group) is 1. The predicted octanol–water partition coefficient (Wildman–Crippen LogP) is -0.762. The van der Waals surface area contributed by atoms with Crippen molar-refractivity contribution in [1.29, 1.82) is 0 Å². The zero-order chi connectivity index (χ0) is 15.8. The quantitative estimate of drug-likeness (QED) is 0.373. The van der Waals surface area contributed by atoms with E-state index in [1.54, 1.807) is 4.90 Å². The van der Waals surface area contributed by atoms with Crippen molar-refractivity contribution in [3.8, 4) is 0 Å². The van der Waals surface area contributed by atoms with Crippen LogP contribution in [0.5, 0.6) is 0 Å². The summed E-state index contributed by atoms with van der Waals surface area (Å²) in [4.78, 5) is 7.37. The lowest BCUT2D eigenvalue weighted by molar-refractivity contribution is -0.896. The topological polar surface area (TPSA) is 26.0 Å². The molecule has 0 saturated heterocycles. The lowest BCUT2D eigenvalue weighted by atomic mass is 9.89. The van der Waals surface area contributed by atoms with E-state index in [4.69, 9.17) is 4.84 Å². The monoisotopic (exact) mass is 348 g/mol. The molecule has 0 spiro atoms. The summed E-state index contributed by atoms with van der Waals surface area (Å²) >= 11 is 0. The van der Waals surface area contributed by atoms with Gasteiger partial charge in [0.15, 0.2) is 6.61 Å². The summed E-state index contributed by atoms with van der Waals surface area (Å²) in [7, 11) is 0. The van der Waals surface area contributed by atoms with E-state index in [0.29, 0.717) is 5.92 Å². The van der Waals surface area contributed by atoms with Gasteiger partial charge in [-0.1, -0.05) is 35.5 Å². The number of benzene rings is 1. The van der Waals surface area contributed by atoms with Gasteiger partial charge in [-0.15, -0.1) is 0 Å². The first-order valence-electron chi connectivity index (χ1n) is 9.42. The molecule has 24 heavy (non-hydrogen) atoms. The van der Waals surface area contributed by atoms with Crippen molar-refractivity contribution in [2.75, 3.05) is 26.2 Å². The summed E-state index contributed by atoms with van der Waals surface area (Å²) in [5.41, 5.74) is 2.50. The molecule has 4 bridgehead atoms. The Morgan fingerprint density at radius 3 is 2.33 bits per heavy atom. The van der Waals surface area contributed by atoms with Gasteiger partial charge in [0.25, 0.3) is 0 Å². The van der Waals surface area contributed by atoms with E-state index in [1.807, 2.05) is 0 Å². The van der Waals surface area contributed by atoms with Crippen molar-refractivity contribution < 1.29 is 22.1 Å². The van der Waals surface area contributed by atoms with Crippen LogP contribution in [0.1, 0.15) is 32.3 Å². The molecule has 1 aromatic rings. The highest BCUT2D eigenvalue weighted by molar-refractivity contribution is 6.03. The molecular weight excluding hydrogens is 320 g/mol. The fourth-order valence-corrected chi connectivity index (χ4v) is 5.30. The molecule has 4 heteroatoms. The van der Waals surface area contributed by atoms with Crippen LogP contribution in [0.25, 0.3) is 0 Å². The minimum Gasteiger partial charge on any atom is -1.00 e. The minimum atomic E-state index is 0. The second-order valence-corrected chi connectivity index (χ2v) is 7.55. The standard InChI is InChI=1S/C20H28N2O.ClH/c1-3-22(4-2)10-11-23-21-20(14-8-6-5-7-9-14)18-15-12-16-17(13-15)19(16)18;/h5-9,15-19H,3-4,10-13H2,1-2H3;1H/b21-20+;. The van der Waals surface area contributed by atoms with Gasteiger partial charge in [0, 0.05) is 5.92 Å². The van der Waals surface area contributed by atoms with Crippen LogP contribution < -0.4 is 17.3 Å². The van der Waals surface area contributed by atoms with Crippen LogP contribution in [-0.2, 0) is 4.84 Å². The van der Waals surface area contributed by atoms with Crippen molar-refractivity contribution in [2.45, 2.75) is 26.7 Å². The molecular formula is C20H29ClN2O. The van der Waals surface area contributed by atoms with Crippen molar-refractivity contribution in [2.24, 2.45) is 34.7 Å². The van der Waals surface area contributed by atoms with Gasteiger partial charge in [0.05, 0.1) is 18.8 Å². The third-order valence-electron chi connectivity index (χ3n) is 6.57. The molecule has 0 radical (unpaired) electrons. The largest absolute Gasteiger partial charge is 1.00 e.